The molecule has 0 aromatic heterocycles. The molecule has 0 aliphatic carbocycles. The van der Waals surface area contributed by atoms with Crippen LogP contribution in [0.15, 0.2) is 0 Å². The predicted octanol–water partition coefficient (Wildman–Crippen LogP) is 8.33. The average Bonchev–Trinajstić information content (AvgIpc) is 3.02. The monoisotopic (exact) mass is 666 g/mol. The number of carbonyl (C=O) groups is 2. The number of rotatable bonds is 34. The summed E-state index contributed by atoms with van der Waals surface area (Å²) in [7, 11) is -4.61. The van der Waals surface area contributed by atoms with E-state index in [0.29, 0.717) is 12.8 Å². The van der Waals surface area contributed by atoms with Crippen molar-refractivity contribution >= 4 is 19.8 Å². The summed E-state index contributed by atoms with van der Waals surface area (Å²) in [6.45, 7) is 2.06. The number of carbonyl (C=O) groups excluding carboxylic acids is 2. The van der Waals surface area contributed by atoms with Gasteiger partial charge in [-0.05, 0) is 12.8 Å². The summed E-state index contributed by atoms with van der Waals surface area (Å²) in [6, 6.07) is 0. The summed E-state index contributed by atoms with van der Waals surface area (Å²) in [5.41, 5.74) is 0. The summed E-state index contributed by atoms with van der Waals surface area (Å²) in [4.78, 5) is 33.9. The van der Waals surface area contributed by atoms with Crippen molar-refractivity contribution in [3.63, 3.8) is 0 Å². The third-order valence-corrected chi connectivity index (χ3v) is 8.77. The lowest BCUT2D eigenvalue weighted by Crippen LogP contribution is -2.28. The van der Waals surface area contributed by atoms with Crippen LogP contribution in [0.25, 0.3) is 0 Å². The molecule has 3 atom stereocenters. The number of phosphoric ester groups is 1. The average molecular weight is 667 g/mol. The minimum Gasteiger partial charge on any atom is -0.457 e. The smallest absolute Gasteiger partial charge is 0.457 e. The Morgan fingerprint density at radius 2 is 0.778 bits per heavy atom. The largest absolute Gasteiger partial charge is 0.472 e. The summed E-state index contributed by atoms with van der Waals surface area (Å²) in [5.74, 6) is -1.03. The SMILES string of the molecule is CCCCCCCCCCCCCCCCCCCCC(=O)OC(CO)COP(=O)(O)OCC(CO)OC(=O)CCCCCC. The molecular weight excluding hydrogens is 599 g/mol. The van der Waals surface area contributed by atoms with Crippen molar-refractivity contribution in [3.05, 3.63) is 0 Å². The molecule has 0 heterocycles. The molecule has 0 spiro atoms. The van der Waals surface area contributed by atoms with Gasteiger partial charge in [-0.1, -0.05) is 142 Å². The van der Waals surface area contributed by atoms with Crippen molar-refractivity contribution < 1.29 is 47.8 Å². The highest BCUT2D eigenvalue weighted by Gasteiger charge is 2.27. The van der Waals surface area contributed by atoms with Crippen molar-refractivity contribution in [1.82, 2.24) is 0 Å². The molecule has 0 saturated carbocycles. The fourth-order valence-electron chi connectivity index (χ4n) is 5.00. The van der Waals surface area contributed by atoms with Crippen LogP contribution >= 0.6 is 7.82 Å². The van der Waals surface area contributed by atoms with Crippen LogP contribution in [0.1, 0.15) is 168 Å². The maximum Gasteiger partial charge on any atom is 0.472 e. The van der Waals surface area contributed by atoms with Gasteiger partial charge in [-0.2, -0.15) is 0 Å². The van der Waals surface area contributed by atoms with Gasteiger partial charge < -0.3 is 24.6 Å². The molecule has 11 heteroatoms. The number of ether oxygens (including phenoxy) is 2. The van der Waals surface area contributed by atoms with Crippen LogP contribution in [0.3, 0.4) is 0 Å². The van der Waals surface area contributed by atoms with E-state index in [0.717, 1.165) is 38.5 Å². The molecule has 10 nitrogen and oxygen atoms in total. The van der Waals surface area contributed by atoms with Crippen molar-refractivity contribution in [3.8, 4) is 0 Å². The molecule has 0 saturated heterocycles. The predicted molar refractivity (Wildman–Crippen MR) is 178 cm³/mol. The molecule has 0 aliphatic heterocycles. The first-order valence-corrected chi connectivity index (χ1v) is 19.5. The second kappa shape index (κ2) is 31.6. The molecule has 0 aromatic carbocycles. The number of aliphatic hydroxyl groups is 2. The van der Waals surface area contributed by atoms with Crippen LogP contribution in [0, 0.1) is 0 Å². The number of hydrogen-bond acceptors (Lipinski definition) is 9. The number of hydrogen-bond donors (Lipinski definition) is 3. The maximum atomic E-state index is 12.2. The summed E-state index contributed by atoms with van der Waals surface area (Å²) in [5, 5.41) is 18.9. The fraction of sp³-hybridized carbons (Fsp3) is 0.941. The second-order valence-electron chi connectivity index (χ2n) is 12.2. The Morgan fingerprint density at radius 1 is 0.511 bits per heavy atom. The standard InChI is InChI=1S/C34H67O10P/c1-3-5-7-9-10-11-12-13-14-15-16-17-18-19-20-21-22-24-26-34(38)44-32(28-36)30-42-45(39,40)41-29-31(27-35)43-33(37)25-23-8-6-4-2/h31-32,35-36H,3-30H2,1-2H3,(H,39,40). The number of unbranched alkanes of at least 4 members (excludes halogenated alkanes) is 20. The second-order valence-corrected chi connectivity index (χ2v) is 13.7. The van der Waals surface area contributed by atoms with E-state index in [4.69, 9.17) is 18.5 Å². The number of phosphoric acid groups is 1. The highest BCUT2D eigenvalue weighted by Crippen LogP contribution is 2.43. The van der Waals surface area contributed by atoms with Gasteiger partial charge in [-0.3, -0.25) is 18.6 Å². The van der Waals surface area contributed by atoms with Gasteiger partial charge in [0.25, 0.3) is 0 Å². The van der Waals surface area contributed by atoms with Gasteiger partial charge in [0, 0.05) is 12.8 Å². The first-order chi connectivity index (χ1) is 21.8. The van der Waals surface area contributed by atoms with E-state index in [-0.39, 0.29) is 12.8 Å². The van der Waals surface area contributed by atoms with Crippen LogP contribution in [0.2, 0.25) is 0 Å². The first kappa shape index (κ1) is 44.0. The zero-order valence-corrected chi connectivity index (χ0v) is 29.5. The highest BCUT2D eigenvalue weighted by atomic mass is 31.2. The van der Waals surface area contributed by atoms with Crippen molar-refractivity contribution in [2.45, 2.75) is 180 Å². The third kappa shape index (κ3) is 30.1. The van der Waals surface area contributed by atoms with E-state index in [2.05, 4.69) is 13.8 Å². The van der Waals surface area contributed by atoms with Crippen LogP contribution in [0.5, 0.6) is 0 Å². The molecule has 0 amide bonds. The van der Waals surface area contributed by atoms with Gasteiger partial charge in [0.1, 0.15) is 12.2 Å². The quantitative estimate of drug-likeness (QED) is 0.0348. The van der Waals surface area contributed by atoms with Crippen LogP contribution in [0.4, 0.5) is 0 Å². The zero-order valence-electron chi connectivity index (χ0n) is 28.6. The lowest BCUT2D eigenvalue weighted by Gasteiger charge is -2.20. The fourth-order valence-corrected chi connectivity index (χ4v) is 5.78. The molecule has 0 fully saturated rings. The third-order valence-electron chi connectivity index (χ3n) is 7.82. The van der Waals surface area contributed by atoms with Gasteiger partial charge in [0.15, 0.2) is 0 Å². The zero-order chi connectivity index (χ0) is 33.4. The van der Waals surface area contributed by atoms with Crippen LogP contribution in [-0.4, -0.2) is 65.7 Å². The van der Waals surface area contributed by atoms with Crippen molar-refractivity contribution in [1.29, 1.82) is 0 Å². The highest BCUT2D eigenvalue weighted by molar-refractivity contribution is 7.47. The minimum absolute atomic E-state index is 0.187. The van der Waals surface area contributed by atoms with Crippen LogP contribution in [-0.2, 0) is 32.7 Å². The van der Waals surface area contributed by atoms with Crippen LogP contribution < -0.4 is 0 Å². The van der Waals surface area contributed by atoms with E-state index in [9.17, 15) is 29.3 Å². The Morgan fingerprint density at radius 3 is 1.07 bits per heavy atom. The number of esters is 2. The van der Waals surface area contributed by atoms with Gasteiger partial charge >= 0.3 is 19.8 Å². The molecule has 45 heavy (non-hydrogen) atoms. The van der Waals surface area contributed by atoms with Crippen molar-refractivity contribution in [2.75, 3.05) is 26.4 Å². The van der Waals surface area contributed by atoms with E-state index in [1.807, 2.05) is 0 Å². The van der Waals surface area contributed by atoms with Gasteiger partial charge in [0.2, 0.25) is 0 Å². The molecule has 0 aliphatic rings. The summed E-state index contributed by atoms with van der Waals surface area (Å²) < 4.78 is 32.1. The molecule has 0 aromatic rings. The van der Waals surface area contributed by atoms with E-state index < -0.39 is 58.4 Å². The lowest BCUT2D eigenvalue weighted by molar-refractivity contribution is -0.153. The van der Waals surface area contributed by atoms with Gasteiger partial charge in [0.05, 0.1) is 26.4 Å². The first-order valence-electron chi connectivity index (χ1n) is 18.0. The number of aliphatic hydroxyl groups excluding tert-OH is 2. The molecule has 3 unspecified atom stereocenters. The van der Waals surface area contributed by atoms with Gasteiger partial charge in [-0.15, -0.1) is 0 Å². The summed E-state index contributed by atoms with van der Waals surface area (Å²) in [6.07, 6.45) is 24.5. The minimum atomic E-state index is -4.61. The van der Waals surface area contributed by atoms with E-state index in [1.165, 1.54) is 89.9 Å². The Balaban J connectivity index is 3.84. The van der Waals surface area contributed by atoms with Gasteiger partial charge in [-0.25, -0.2) is 4.57 Å². The molecule has 0 rings (SSSR count). The molecule has 3 N–H and O–H groups in total. The van der Waals surface area contributed by atoms with Crippen molar-refractivity contribution in [2.24, 2.45) is 0 Å². The maximum absolute atomic E-state index is 12.2. The molecule has 0 radical (unpaired) electrons. The van der Waals surface area contributed by atoms with E-state index in [1.54, 1.807) is 0 Å². The Hall–Kier alpha value is -1.03. The topological polar surface area (TPSA) is 149 Å². The van der Waals surface area contributed by atoms with E-state index >= 15 is 0 Å². The molecule has 0 bridgehead atoms. The Bertz CT molecular complexity index is 736. The lowest BCUT2D eigenvalue weighted by atomic mass is 10.0. The summed E-state index contributed by atoms with van der Waals surface area (Å²) >= 11 is 0. The Labute approximate surface area is 273 Å². The Kier molecular flexibility index (Phi) is 30.8. The molecule has 268 valence electrons. The molecular formula is C34H67O10P. The normalized spacial score (nSPS) is 14.2.